The molecule has 0 fully saturated rings. The Labute approximate surface area is 81.5 Å². The first-order chi connectivity index (χ1) is 6.06. The summed E-state index contributed by atoms with van der Waals surface area (Å²) in [6, 6.07) is 0.243. The maximum Gasteiger partial charge on any atom is 0.234 e. The summed E-state index contributed by atoms with van der Waals surface area (Å²) in [5, 5.41) is 2.87. The van der Waals surface area contributed by atoms with E-state index in [1.807, 2.05) is 20.9 Å². The van der Waals surface area contributed by atoms with Crippen LogP contribution in [0.2, 0.25) is 0 Å². The quantitative estimate of drug-likeness (QED) is 0.677. The highest BCUT2D eigenvalue weighted by Crippen LogP contribution is 1.91. The Hall–Kier alpha value is -0.570. The SMILES string of the molecule is CCCCN(C)CC(=O)NC(C)C. The van der Waals surface area contributed by atoms with Gasteiger partial charge in [-0.3, -0.25) is 9.69 Å². The molecule has 3 nitrogen and oxygen atoms in total. The average molecular weight is 186 g/mol. The normalized spacial score (nSPS) is 10.9. The molecule has 0 heterocycles. The molecule has 1 amide bonds. The third-order valence-electron chi connectivity index (χ3n) is 1.76. The summed E-state index contributed by atoms with van der Waals surface area (Å²) in [4.78, 5) is 13.3. The Morgan fingerprint density at radius 2 is 2.08 bits per heavy atom. The molecule has 0 aliphatic rings. The summed E-state index contributed by atoms with van der Waals surface area (Å²) >= 11 is 0. The molecule has 1 N–H and O–H groups in total. The van der Waals surface area contributed by atoms with Gasteiger partial charge in [-0.1, -0.05) is 13.3 Å². The smallest absolute Gasteiger partial charge is 0.234 e. The Balaban J connectivity index is 3.53. The second kappa shape index (κ2) is 6.89. The van der Waals surface area contributed by atoms with Gasteiger partial charge in [0.15, 0.2) is 0 Å². The van der Waals surface area contributed by atoms with Crippen LogP contribution in [0.3, 0.4) is 0 Å². The largest absolute Gasteiger partial charge is 0.353 e. The van der Waals surface area contributed by atoms with E-state index in [0.717, 1.165) is 13.0 Å². The Bertz CT molecular complexity index is 146. The van der Waals surface area contributed by atoms with Crippen molar-refractivity contribution in [2.45, 2.75) is 39.7 Å². The first-order valence-corrected chi connectivity index (χ1v) is 5.04. The molecule has 0 aromatic heterocycles. The van der Waals surface area contributed by atoms with Gasteiger partial charge in [0.2, 0.25) is 5.91 Å². The van der Waals surface area contributed by atoms with Crippen LogP contribution in [0.4, 0.5) is 0 Å². The van der Waals surface area contributed by atoms with Crippen LogP contribution in [0.25, 0.3) is 0 Å². The lowest BCUT2D eigenvalue weighted by Crippen LogP contribution is -2.38. The highest BCUT2D eigenvalue weighted by atomic mass is 16.2. The number of carbonyl (C=O) groups is 1. The Kier molecular flexibility index (Phi) is 6.59. The van der Waals surface area contributed by atoms with Crippen molar-refractivity contribution >= 4 is 5.91 Å². The zero-order chi connectivity index (χ0) is 10.3. The van der Waals surface area contributed by atoms with Crippen molar-refractivity contribution in [3.63, 3.8) is 0 Å². The summed E-state index contributed by atoms with van der Waals surface area (Å²) in [6.45, 7) is 7.62. The molecular formula is C10H22N2O. The van der Waals surface area contributed by atoms with Crippen molar-refractivity contribution in [1.82, 2.24) is 10.2 Å². The van der Waals surface area contributed by atoms with Gasteiger partial charge < -0.3 is 5.32 Å². The summed E-state index contributed by atoms with van der Waals surface area (Å²) in [5.41, 5.74) is 0. The molecule has 0 aliphatic heterocycles. The van der Waals surface area contributed by atoms with E-state index >= 15 is 0 Å². The number of rotatable bonds is 6. The molecule has 0 aromatic rings. The average Bonchev–Trinajstić information content (AvgIpc) is 1.98. The fraction of sp³-hybridized carbons (Fsp3) is 0.900. The molecular weight excluding hydrogens is 164 g/mol. The van der Waals surface area contributed by atoms with Gasteiger partial charge in [-0.25, -0.2) is 0 Å². The number of likely N-dealkylation sites (N-methyl/N-ethyl adjacent to an activating group) is 1. The van der Waals surface area contributed by atoms with Crippen molar-refractivity contribution in [1.29, 1.82) is 0 Å². The maximum atomic E-state index is 11.3. The van der Waals surface area contributed by atoms with E-state index < -0.39 is 0 Å². The molecule has 0 atom stereocenters. The zero-order valence-electron chi connectivity index (χ0n) is 9.26. The van der Waals surface area contributed by atoms with Gasteiger partial charge >= 0.3 is 0 Å². The van der Waals surface area contributed by atoms with E-state index in [1.54, 1.807) is 0 Å². The highest BCUT2D eigenvalue weighted by Gasteiger charge is 2.06. The number of unbranched alkanes of at least 4 members (excludes halogenated alkanes) is 1. The van der Waals surface area contributed by atoms with E-state index in [0.29, 0.717) is 6.54 Å². The molecule has 0 rings (SSSR count). The molecule has 13 heavy (non-hydrogen) atoms. The zero-order valence-corrected chi connectivity index (χ0v) is 9.26. The second-order valence-corrected chi connectivity index (χ2v) is 3.81. The van der Waals surface area contributed by atoms with Crippen molar-refractivity contribution in [2.75, 3.05) is 20.1 Å². The predicted molar refractivity (Wildman–Crippen MR) is 55.7 cm³/mol. The van der Waals surface area contributed by atoms with E-state index in [1.165, 1.54) is 6.42 Å². The number of hydrogen-bond acceptors (Lipinski definition) is 2. The minimum absolute atomic E-state index is 0.119. The lowest BCUT2D eigenvalue weighted by molar-refractivity contribution is -0.122. The van der Waals surface area contributed by atoms with Gasteiger partial charge in [0.1, 0.15) is 0 Å². The third-order valence-corrected chi connectivity index (χ3v) is 1.76. The first kappa shape index (κ1) is 12.4. The lowest BCUT2D eigenvalue weighted by Gasteiger charge is -2.16. The minimum atomic E-state index is 0.119. The number of hydrogen-bond donors (Lipinski definition) is 1. The number of nitrogens with zero attached hydrogens (tertiary/aromatic N) is 1. The van der Waals surface area contributed by atoms with E-state index in [4.69, 9.17) is 0 Å². The fourth-order valence-electron chi connectivity index (χ4n) is 1.12. The van der Waals surface area contributed by atoms with E-state index in [2.05, 4.69) is 17.1 Å². The van der Waals surface area contributed by atoms with Crippen molar-refractivity contribution < 1.29 is 4.79 Å². The number of nitrogens with one attached hydrogen (secondary N) is 1. The molecule has 0 saturated heterocycles. The van der Waals surface area contributed by atoms with Crippen LogP contribution in [0.5, 0.6) is 0 Å². The summed E-state index contributed by atoms with van der Waals surface area (Å²) < 4.78 is 0. The van der Waals surface area contributed by atoms with Gasteiger partial charge in [-0.2, -0.15) is 0 Å². The van der Waals surface area contributed by atoms with Gasteiger partial charge in [0.05, 0.1) is 6.54 Å². The molecule has 0 aromatic carbocycles. The van der Waals surface area contributed by atoms with Gasteiger partial charge in [0, 0.05) is 6.04 Å². The summed E-state index contributed by atoms with van der Waals surface area (Å²) in [6.07, 6.45) is 2.33. The second-order valence-electron chi connectivity index (χ2n) is 3.81. The van der Waals surface area contributed by atoms with Crippen LogP contribution >= 0.6 is 0 Å². The Morgan fingerprint density at radius 1 is 1.46 bits per heavy atom. The standard InChI is InChI=1S/C10H22N2O/c1-5-6-7-12(4)8-10(13)11-9(2)3/h9H,5-8H2,1-4H3,(H,11,13). The number of amides is 1. The van der Waals surface area contributed by atoms with Gasteiger partial charge in [-0.05, 0) is 33.9 Å². The van der Waals surface area contributed by atoms with E-state index in [9.17, 15) is 4.79 Å². The molecule has 0 bridgehead atoms. The third kappa shape index (κ3) is 7.78. The Morgan fingerprint density at radius 3 is 2.54 bits per heavy atom. The topological polar surface area (TPSA) is 32.3 Å². The van der Waals surface area contributed by atoms with Crippen LogP contribution in [0, 0.1) is 0 Å². The van der Waals surface area contributed by atoms with Gasteiger partial charge in [0.25, 0.3) is 0 Å². The van der Waals surface area contributed by atoms with E-state index in [-0.39, 0.29) is 11.9 Å². The summed E-state index contributed by atoms with van der Waals surface area (Å²) in [5.74, 6) is 0.119. The molecule has 0 spiro atoms. The van der Waals surface area contributed by atoms with Gasteiger partial charge in [-0.15, -0.1) is 0 Å². The monoisotopic (exact) mass is 186 g/mol. The molecule has 78 valence electrons. The first-order valence-electron chi connectivity index (χ1n) is 5.04. The van der Waals surface area contributed by atoms with Crippen molar-refractivity contribution in [3.8, 4) is 0 Å². The molecule has 3 heteroatoms. The van der Waals surface area contributed by atoms with Crippen LogP contribution < -0.4 is 5.32 Å². The fourth-order valence-corrected chi connectivity index (χ4v) is 1.12. The maximum absolute atomic E-state index is 11.3. The lowest BCUT2D eigenvalue weighted by atomic mass is 10.3. The highest BCUT2D eigenvalue weighted by molar-refractivity contribution is 5.78. The molecule has 0 radical (unpaired) electrons. The van der Waals surface area contributed by atoms with Crippen LogP contribution in [0.1, 0.15) is 33.6 Å². The predicted octanol–water partition coefficient (Wildman–Crippen LogP) is 1.24. The van der Waals surface area contributed by atoms with Crippen LogP contribution in [-0.4, -0.2) is 37.0 Å². The molecule has 0 unspecified atom stereocenters. The van der Waals surface area contributed by atoms with Crippen molar-refractivity contribution in [3.05, 3.63) is 0 Å². The van der Waals surface area contributed by atoms with Crippen molar-refractivity contribution in [2.24, 2.45) is 0 Å². The number of carbonyl (C=O) groups excluding carboxylic acids is 1. The molecule has 0 aliphatic carbocycles. The van der Waals surface area contributed by atoms with Crippen LogP contribution in [-0.2, 0) is 4.79 Å². The molecule has 0 saturated carbocycles. The van der Waals surface area contributed by atoms with Crippen LogP contribution in [0.15, 0.2) is 0 Å². The minimum Gasteiger partial charge on any atom is -0.353 e. The summed E-state index contributed by atoms with van der Waals surface area (Å²) in [7, 11) is 1.98.